The van der Waals surface area contributed by atoms with Crippen LogP contribution in [0.15, 0.2) is 60.7 Å². The standard InChI is InChI=1S/C17H24PSi/c1-5-18(19(2,3)4,16-12-8-6-9-13-16)17-14-10-7-11-15-17/h6-15H,5H2,1-4H3/q+1. The Kier molecular flexibility index (Phi) is 4.28. The second kappa shape index (κ2) is 5.61. The Labute approximate surface area is 119 Å². The molecule has 0 heterocycles. The van der Waals surface area contributed by atoms with Gasteiger partial charge < -0.3 is 0 Å². The van der Waals surface area contributed by atoms with E-state index < -0.39 is 14.6 Å². The van der Waals surface area contributed by atoms with E-state index in [1.165, 1.54) is 6.16 Å². The molecule has 0 N–H and O–H groups in total. The maximum atomic E-state index is 2.53. The molecule has 0 fully saturated rings. The Morgan fingerprint density at radius 3 is 1.37 bits per heavy atom. The minimum absolute atomic E-state index is 1.23. The lowest BCUT2D eigenvalue weighted by Gasteiger charge is -2.36. The highest BCUT2D eigenvalue weighted by atomic mass is 31.4. The normalized spacial score (nSPS) is 12.4. The van der Waals surface area contributed by atoms with Gasteiger partial charge in [-0.2, -0.15) is 0 Å². The fourth-order valence-corrected chi connectivity index (χ4v) is 16.4. The van der Waals surface area contributed by atoms with Gasteiger partial charge in [0.15, 0.2) is 0 Å². The van der Waals surface area contributed by atoms with Gasteiger partial charge in [-0.05, 0) is 50.8 Å². The second-order valence-corrected chi connectivity index (χ2v) is 19.9. The fraction of sp³-hybridized carbons (Fsp3) is 0.294. The number of rotatable bonds is 4. The van der Waals surface area contributed by atoms with E-state index in [1.54, 1.807) is 10.6 Å². The van der Waals surface area contributed by atoms with Crippen LogP contribution in [0.3, 0.4) is 0 Å². The molecule has 0 bridgehead atoms. The van der Waals surface area contributed by atoms with Crippen molar-refractivity contribution in [3.63, 3.8) is 0 Å². The van der Waals surface area contributed by atoms with Crippen molar-refractivity contribution in [3.05, 3.63) is 60.7 Å². The van der Waals surface area contributed by atoms with Gasteiger partial charge in [0, 0.05) is 6.81 Å². The van der Waals surface area contributed by atoms with E-state index in [2.05, 4.69) is 87.2 Å². The molecule has 0 saturated heterocycles. The molecular formula is C17H24PSi+. The van der Waals surface area contributed by atoms with Crippen LogP contribution >= 0.6 is 6.81 Å². The summed E-state index contributed by atoms with van der Waals surface area (Å²) in [7, 11) is -1.31. The Hall–Kier alpha value is -0.913. The predicted molar refractivity (Wildman–Crippen MR) is 93.0 cm³/mol. The summed E-state index contributed by atoms with van der Waals surface area (Å²) in [4.78, 5) is 0. The minimum Gasteiger partial charge on any atom is -0.0620 e. The van der Waals surface area contributed by atoms with Crippen LogP contribution in [-0.4, -0.2) is 13.9 Å². The first-order valence-corrected chi connectivity index (χ1v) is 13.3. The lowest BCUT2D eigenvalue weighted by Crippen LogP contribution is -2.40. The first-order chi connectivity index (χ1) is 9.02. The highest BCUT2D eigenvalue weighted by Gasteiger charge is 2.53. The van der Waals surface area contributed by atoms with Crippen molar-refractivity contribution in [2.24, 2.45) is 0 Å². The third kappa shape index (κ3) is 2.55. The van der Waals surface area contributed by atoms with Gasteiger partial charge >= 0.3 is 0 Å². The van der Waals surface area contributed by atoms with Gasteiger partial charge in [-0.25, -0.2) is 0 Å². The maximum absolute atomic E-state index is 2.53. The lowest BCUT2D eigenvalue weighted by atomic mass is 10.4. The molecule has 0 aliphatic carbocycles. The average Bonchev–Trinajstić information content (AvgIpc) is 2.41. The Morgan fingerprint density at radius 2 is 1.11 bits per heavy atom. The molecule has 0 saturated carbocycles. The molecule has 0 spiro atoms. The van der Waals surface area contributed by atoms with E-state index in [-0.39, 0.29) is 0 Å². The van der Waals surface area contributed by atoms with Crippen LogP contribution in [0.5, 0.6) is 0 Å². The largest absolute Gasteiger partial charge is 0.232 e. The lowest BCUT2D eigenvalue weighted by molar-refractivity contribution is 1.49. The molecule has 2 aromatic rings. The smallest absolute Gasteiger partial charge is 0.0620 e. The second-order valence-electron chi connectivity index (χ2n) is 5.97. The van der Waals surface area contributed by atoms with Crippen molar-refractivity contribution in [3.8, 4) is 0 Å². The van der Waals surface area contributed by atoms with Crippen molar-refractivity contribution in [2.45, 2.75) is 26.6 Å². The summed E-state index contributed by atoms with van der Waals surface area (Å²) in [6.07, 6.45) is 1.27. The molecule has 0 unspecified atom stereocenters. The van der Waals surface area contributed by atoms with Gasteiger partial charge in [-0.1, -0.05) is 36.4 Å². The van der Waals surface area contributed by atoms with Crippen LogP contribution in [-0.2, 0) is 0 Å². The van der Waals surface area contributed by atoms with Gasteiger partial charge in [-0.3, -0.25) is 0 Å². The molecule has 2 aromatic carbocycles. The molecule has 0 aliphatic rings. The summed E-state index contributed by atoms with van der Waals surface area (Å²) in [5.41, 5.74) is 0. The van der Waals surface area contributed by atoms with Crippen LogP contribution in [0.25, 0.3) is 0 Å². The van der Waals surface area contributed by atoms with E-state index in [4.69, 9.17) is 0 Å². The van der Waals surface area contributed by atoms with Crippen molar-refractivity contribution < 1.29 is 0 Å². The number of benzene rings is 2. The summed E-state index contributed by atoms with van der Waals surface area (Å²) >= 11 is 0. The van der Waals surface area contributed by atoms with Gasteiger partial charge in [-0.15, -0.1) is 0 Å². The van der Waals surface area contributed by atoms with Gasteiger partial charge in [0.05, 0.1) is 16.8 Å². The van der Waals surface area contributed by atoms with Crippen molar-refractivity contribution in [1.82, 2.24) is 0 Å². The van der Waals surface area contributed by atoms with Crippen molar-refractivity contribution in [2.75, 3.05) is 6.16 Å². The molecule has 2 rings (SSSR count). The van der Waals surface area contributed by atoms with Crippen LogP contribution in [0, 0.1) is 0 Å². The fourth-order valence-electron chi connectivity index (χ4n) is 3.13. The molecule has 0 aromatic heterocycles. The SMILES string of the molecule is CC[P+](c1ccccc1)(c1ccccc1)[Si](C)(C)C. The van der Waals surface area contributed by atoms with E-state index >= 15 is 0 Å². The third-order valence-corrected chi connectivity index (χ3v) is 19.0. The summed E-state index contributed by atoms with van der Waals surface area (Å²) in [6, 6.07) is 22.4. The van der Waals surface area contributed by atoms with Crippen LogP contribution in [0.2, 0.25) is 19.6 Å². The quantitative estimate of drug-likeness (QED) is 0.573. The van der Waals surface area contributed by atoms with E-state index in [0.29, 0.717) is 0 Å². The highest BCUT2D eigenvalue weighted by Crippen LogP contribution is 2.63. The maximum Gasteiger partial charge on any atom is 0.232 e. The highest BCUT2D eigenvalue weighted by molar-refractivity contribution is 8.17. The van der Waals surface area contributed by atoms with Crippen molar-refractivity contribution >= 4 is 25.2 Å². The zero-order valence-electron chi connectivity index (χ0n) is 12.4. The summed E-state index contributed by atoms with van der Waals surface area (Å²) in [5.74, 6) is 0. The van der Waals surface area contributed by atoms with E-state index in [9.17, 15) is 0 Å². The zero-order chi connectivity index (χ0) is 13.9. The Balaban J connectivity index is 2.70. The molecule has 19 heavy (non-hydrogen) atoms. The monoisotopic (exact) mass is 287 g/mol. The van der Waals surface area contributed by atoms with Gasteiger partial charge in [0.1, 0.15) is 0 Å². The van der Waals surface area contributed by atoms with E-state index in [0.717, 1.165) is 0 Å². The van der Waals surface area contributed by atoms with Crippen LogP contribution < -0.4 is 10.6 Å². The van der Waals surface area contributed by atoms with Gasteiger partial charge in [0.2, 0.25) is 7.74 Å². The summed E-state index contributed by atoms with van der Waals surface area (Å²) in [6.45, 7) is 8.75. The Morgan fingerprint density at radius 1 is 0.737 bits per heavy atom. The van der Waals surface area contributed by atoms with Crippen LogP contribution in [0.4, 0.5) is 0 Å². The topological polar surface area (TPSA) is 0 Å². The molecule has 0 atom stereocenters. The average molecular weight is 287 g/mol. The third-order valence-electron chi connectivity index (χ3n) is 4.01. The van der Waals surface area contributed by atoms with Crippen molar-refractivity contribution in [1.29, 1.82) is 0 Å². The molecule has 0 radical (unpaired) electrons. The number of hydrogen-bond acceptors (Lipinski definition) is 0. The molecule has 100 valence electrons. The zero-order valence-corrected chi connectivity index (χ0v) is 14.3. The van der Waals surface area contributed by atoms with Gasteiger partial charge in [0.25, 0.3) is 0 Å². The minimum atomic E-state index is -1.31. The molecule has 0 nitrogen and oxygen atoms in total. The molecule has 0 amide bonds. The molecule has 2 heteroatoms. The molecule has 0 aliphatic heterocycles. The predicted octanol–water partition coefficient (Wildman–Crippen LogP) is 4.51. The number of hydrogen-bond donors (Lipinski definition) is 0. The summed E-state index contributed by atoms with van der Waals surface area (Å²) < 4.78 is 0. The van der Waals surface area contributed by atoms with Crippen LogP contribution in [0.1, 0.15) is 6.92 Å². The van der Waals surface area contributed by atoms with E-state index in [1.807, 2.05) is 0 Å². The first-order valence-electron chi connectivity index (χ1n) is 7.02. The first kappa shape index (κ1) is 14.5. The molecular weight excluding hydrogens is 263 g/mol. The Bertz CT molecular complexity index is 474. The summed E-state index contributed by atoms with van der Waals surface area (Å²) in [5, 5.41) is 3.17.